The minimum absolute atomic E-state index is 0.00668. The maximum absolute atomic E-state index is 13.4. The smallest absolute Gasteiger partial charge is 0.224 e. The molecule has 0 unspecified atom stereocenters. The quantitative estimate of drug-likeness (QED) is 0.397. The molecule has 0 atom stereocenters. The van der Waals surface area contributed by atoms with Gasteiger partial charge >= 0.3 is 0 Å². The van der Waals surface area contributed by atoms with Gasteiger partial charge in [-0.05, 0) is 50.5 Å². The van der Waals surface area contributed by atoms with Gasteiger partial charge in [-0.15, -0.1) is 0 Å². The number of rotatable bonds is 5. The summed E-state index contributed by atoms with van der Waals surface area (Å²) in [4.78, 5) is 30.1. The van der Waals surface area contributed by atoms with E-state index in [1.807, 2.05) is 79.7 Å². The van der Waals surface area contributed by atoms with E-state index >= 15 is 0 Å². The number of nitrogens with zero attached hydrogens (tertiary/aromatic N) is 2. The van der Waals surface area contributed by atoms with Crippen LogP contribution in [0.3, 0.4) is 0 Å². The van der Waals surface area contributed by atoms with Gasteiger partial charge < -0.3 is 18.6 Å². The van der Waals surface area contributed by atoms with Crippen molar-refractivity contribution in [1.29, 1.82) is 0 Å². The van der Waals surface area contributed by atoms with Crippen molar-refractivity contribution >= 4 is 45.8 Å². The molecule has 1 saturated heterocycles. The fourth-order valence-corrected chi connectivity index (χ4v) is 4.18. The molecule has 172 valence electrons. The Labute approximate surface area is 197 Å². The van der Waals surface area contributed by atoms with Gasteiger partial charge in [0.15, 0.2) is 5.78 Å². The highest BCUT2D eigenvalue weighted by atomic mass is 16.3. The third-order valence-electron chi connectivity index (χ3n) is 5.95. The summed E-state index contributed by atoms with van der Waals surface area (Å²) in [5, 5.41) is 1.93. The lowest BCUT2D eigenvalue weighted by Crippen LogP contribution is -2.42. The van der Waals surface area contributed by atoms with Gasteiger partial charge in [0.2, 0.25) is 5.91 Å². The number of piperidine rings is 1. The fraction of sp³-hybridized carbons (Fsp3) is 0.214. The van der Waals surface area contributed by atoms with Crippen LogP contribution in [0.25, 0.3) is 34.1 Å². The number of para-hydroxylation sites is 2. The number of amides is 1. The number of furan rings is 2. The number of Topliss-reactive ketones (excluding diaryl/α,β-unsaturated/α-hetero) is 1. The molecule has 6 heteroatoms. The Kier molecular flexibility index (Phi) is 5.90. The molecule has 1 aliphatic heterocycles. The second-order valence-electron chi connectivity index (χ2n) is 8.84. The van der Waals surface area contributed by atoms with Crippen molar-refractivity contribution in [1.82, 2.24) is 9.80 Å². The summed E-state index contributed by atoms with van der Waals surface area (Å²) < 4.78 is 11.8. The molecule has 0 bridgehead atoms. The van der Waals surface area contributed by atoms with Crippen LogP contribution in [0, 0.1) is 0 Å². The van der Waals surface area contributed by atoms with Crippen molar-refractivity contribution in [3.63, 3.8) is 0 Å². The van der Waals surface area contributed by atoms with Crippen LogP contribution in [0.5, 0.6) is 0 Å². The van der Waals surface area contributed by atoms with Gasteiger partial charge in [0.05, 0.1) is 0 Å². The molecular weight excluding hydrogens is 428 g/mol. The summed E-state index contributed by atoms with van der Waals surface area (Å²) in [7, 11) is 3.87. The molecule has 0 saturated carbocycles. The second-order valence-corrected chi connectivity index (χ2v) is 8.84. The molecule has 1 fully saturated rings. The number of likely N-dealkylation sites (tertiary alicyclic amines) is 1. The Balaban J connectivity index is 1.50. The number of carbonyl (C=O) groups excluding carboxylic acids is 2. The zero-order chi connectivity index (χ0) is 23.7. The van der Waals surface area contributed by atoms with Crippen molar-refractivity contribution < 1.29 is 18.4 Å². The normalized spacial score (nSPS) is 17.0. The van der Waals surface area contributed by atoms with Crippen LogP contribution in [0.15, 0.2) is 80.6 Å². The van der Waals surface area contributed by atoms with Crippen molar-refractivity contribution in [3.8, 4) is 0 Å². The standard InChI is InChI=1S/C28H26N2O4/c1-29(2)12-11-27(31)30-17-21(15-23-13-19-7-3-5-9-25(19)33-23)28(32)22(18-30)16-24-14-20-8-4-6-10-26(20)34-24/h3-10,13-16H,11-12,17-18H2,1-2H3/b21-15+,22-16+. The van der Waals surface area contributed by atoms with Gasteiger partial charge in [0.1, 0.15) is 22.7 Å². The first-order valence-electron chi connectivity index (χ1n) is 11.3. The van der Waals surface area contributed by atoms with Crippen molar-refractivity contribution in [2.75, 3.05) is 33.7 Å². The van der Waals surface area contributed by atoms with Crippen molar-refractivity contribution in [3.05, 3.63) is 83.3 Å². The predicted molar refractivity (Wildman–Crippen MR) is 133 cm³/mol. The number of carbonyl (C=O) groups is 2. The molecule has 0 radical (unpaired) electrons. The number of ketones is 1. The van der Waals surface area contributed by atoms with E-state index in [-0.39, 0.29) is 24.8 Å². The zero-order valence-electron chi connectivity index (χ0n) is 19.3. The highest BCUT2D eigenvalue weighted by Crippen LogP contribution is 2.27. The number of hydrogen-bond acceptors (Lipinski definition) is 5. The summed E-state index contributed by atoms with van der Waals surface area (Å²) in [6, 6.07) is 19.2. The van der Waals surface area contributed by atoms with Crippen LogP contribution < -0.4 is 0 Å². The third kappa shape index (κ3) is 4.58. The average Bonchev–Trinajstić information content (AvgIpc) is 3.42. The lowest BCUT2D eigenvalue weighted by Gasteiger charge is -2.30. The molecule has 0 N–H and O–H groups in total. The van der Waals surface area contributed by atoms with E-state index in [4.69, 9.17) is 8.83 Å². The van der Waals surface area contributed by atoms with Gasteiger partial charge in [0.25, 0.3) is 0 Å². The lowest BCUT2D eigenvalue weighted by molar-refractivity contribution is -0.131. The molecule has 1 aliphatic rings. The first-order valence-corrected chi connectivity index (χ1v) is 11.3. The Morgan fingerprint density at radius 1 is 0.882 bits per heavy atom. The molecule has 1 amide bonds. The molecule has 5 rings (SSSR count). The molecule has 0 aliphatic carbocycles. The topological polar surface area (TPSA) is 66.9 Å². The van der Waals surface area contributed by atoms with E-state index in [0.717, 1.165) is 21.9 Å². The van der Waals surface area contributed by atoms with Crippen LogP contribution in [0.1, 0.15) is 17.9 Å². The van der Waals surface area contributed by atoms with Crippen LogP contribution in [0.2, 0.25) is 0 Å². The van der Waals surface area contributed by atoms with Gasteiger partial charge in [-0.25, -0.2) is 0 Å². The Bertz CT molecular complexity index is 1270. The maximum Gasteiger partial charge on any atom is 0.224 e. The van der Waals surface area contributed by atoms with Gasteiger partial charge in [-0.1, -0.05) is 36.4 Å². The number of fused-ring (bicyclic) bond motifs is 2. The Morgan fingerprint density at radius 3 is 1.85 bits per heavy atom. The SMILES string of the molecule is CN(C)CCC(=O)N1C/C(=C\c2cc3ccccc3o2)C(=O)/C(=C/c2cc3ccccc3o2)C1. The second kappa shape index (κ2) is 9.15. The third-order valence-corrected chi connectivity index (χ3v) is 5.95. The number of hydrogen-bond donors (Lipinski definition) is 0. The molecule has 0 spiro atoms. The molecular formula is C28H26N2O4. The van der Waals surface area contributed by atoms with Crippen LogP contribution in [-0.4, -0.2) is 55.2 Å². The largest absolute Gasteiger partial charge is 0.457 e. The fourth-order valence-electron chi connectivity index (χ4n) is 4.18. The minimum Gasteiger partial charge on any atom is -0.457 e. The van der Waals surface area contributed by atoms with Crippen molar-refractivity contribution in [2.45, 2.75) is 6.42 Å². The molecule has 4 aromatic rings. The van der Waals surface area contributed by atoms with Crippen LogP contribution in [-0.2, 0) is 9.59 Å². The van der Waals surface area contributed by atoms with Crippen molar-refractivity contribution in [2.24, 2.45) is 0 Å². The number of benzene rings is 2. The zero-order valence-corrected chi connectivity index (χ0v) is 19.3. The summed E-state index contributed by atoms with van der Waals surface area (Å²) >= 11 is 0. The van der Waals surface area contributed by atoms with E-state index in [1.165, 1.54) is 0 Å². The lowest BCUT2D eigenvalue weighted by atomic mass is 9.95. The summed E-state index contributed by atoms with van der Waals surface area (Å²) in [6.07, 6.45) is 3.89. The van der Waals surface area contributed by atoms with Crippen LogP contribution in [0.4, 0.5) is 0 Å². The van der Waals surface area contributed by atoms with Gasteiger partial charge in [-0.3, -0.25) is 9.59 Å². The molecule has 3 heterocycles. The van der Waals surface area contributed by atoms with E-state index in [0.29, 0.717) is 35.6 Å². The molecule has 2 aromatic heterocycles. The minimum atomic E-state index is -0.0995. The van der Waals surface area contributed by atoms with E-state index in [2.05, 4.69) is 0 Å². The molecule has 2 aromatic carbocycles. The van der Waals surface area contributed by atoms with E-state index in [9.17, 15) is 9.59 Å². The Hall–Kier alpha value is -3.90. The highest BCUT2D eigenvalue weighted by Gasteiger charge is 2.29. The molecule has 6 nitrogen and oxygen atoms in total. The van der Waals surface area contributed by atoms with Gasteiger partial charge in [-0.2, -0.15) is 0 Å². The molecule has 34 heavy (non-hydrogen) atoms. The monoisotopic (exact) mass is 454 g/mol. The summed E-state index contributed by atoms with van der Waals surface area (Å²) in [5.41, 5.74) is 2.56. The van der Waals surface area contributed by atoms with Gasteiger partial charge in [0, 0.05) is 48.0 Å². The average molecular weight is 455 g/mol. The van der Waals surface area contributed by atoms with E-state index in [1.54, 1.807) is 17.1 Å². The summed E-state index contributed by atoms with van der Waals surface area (Å²) in [6.45, 7) is 1.15. The van der Waals surface area contributed by atoms with E-state index < -0.39 is 0 Å². The maximum atomic E-state index is 13.4. The highest BCUT2D eigenvalue weighted by molar-refractivity contribution is 6.15. The predicted octanol–water partition coefficient (Wildman–Crippen LogP) is 5.01. The summed E-state index contributed by atoms with van der Waals surface area (Å²) in [5.74, 6) is 1.09. The first-order chi connectivity index (χ1) is 16.5. The first kappa shape index (κ1) is 21.9. The van der Waals surface area contributed by atoms with Crippen LogP contribution >= 0.6 is 0 Å². The Morgan fingerprint density at radius 2 is 1.38 bits per heavy atom.